The molecule has 0 fully saturated rings. The quantitative estimate of drug-likeness (QED) is 0.800. The number of carbonyl (C=O) groups excluding carboxylic acids is 1. The number of fused-ring (bicyclic) bond motifs is 1. The van der Waals surface area contributed by atoms with Crippen LogP contribution in [0.1, 0.15) is 29.4 Å². The van der Waals surface area contributed by atoms with E-state index in [0.717, 1.165) is 24.2 Å². The van der Waals surface area contributed by atoms with Gasteiger partial charge in [-0.25, -0.2) is 0 Å². The van der Waals surface area contributed by atoms with Crippen LogP contribution in [0.25, 0.3) is 11.0 Å². The molecule has 22 heavy (non-hydrogen) atoms. The predicted molar refractivity (Wildman–Crippen MR) is 83.7 cm³/mol. The van der Waals surface area contributed by atoms with E-state index in [4.69, 9.17) is 0 Å². The summed E-state index contributed by atoms with van der Waals surface area (Å²) in [5, 5.41) is 15.8. The minimum atomic E-state index is -0.182. The first-order valence-corrected chi connectivity index (χ1v) is 7.24. The summed E-state index contributed by atoms with van der Waals surface area (Å²) >= 11 is 0. The minimum Gasteiger partial charge on any atom is -0.320 e. The van der Waals surface area contributed by atoms with Crippen LogP contribution in [0.15, 0.2) is 24.4 Å². The Balaban J connectivity index is 1.90. The van der Waals surface area contributed by atoms with Crippen LogP contribution in [0.3, 0.4) is 0 Å². The number of carbonyl (C=O) groups is 1. The van der Waals surface area contributed by atoms with Gasteiger partial charge >= 0.3 is 0 Å². The fourth-order valence-electron chi connectivity index (χ4n) is 2.42. The van der Waals surface area contributed by atoms with Gasteiger partial charge in [-0.2, -0.15) is 20.1 Å². The maximum atomic E-state index is 12.5. The number of nitrogens with one attached hydrogen (secondary N) is 1. The maximum Gasteiger partial charge on any atom is 0.259 e. The van der Waals surface area contributed by atoms with Crippen molar-refractivity contribution in [2.45, 2.75) is 26.8 Å². The second kappa shape index (κ2) is 5.59. The molecule has 0 atom stereocenters. The Morgan fingerprint density at radius 1 is 1.27 bits per heavy atom. The van der Waals surface area contributed by atoms with Gasteiger partial charge in [-0.1, -0.05) is 13.0 Å². The Morgan fingerprint density at radius 3 is 2.86 bits per heavy atom. The van der Waals surface area contributed by atoms with Gasteiger partial charge in [0.2, 0.25) is 0 Å². The molecular weight excluding hydrogens is 280 g/mol. The lowest BCUT2D eigenvalue weighted by atomic mass is 10.2. The van der Waals surface area contributed by atoms with E-state index in [0.29, 0.717) is 16.8 Å². The second-order valence-electron chi connectivity index (χ2n) is 5.21. The Morgan fingerprint density at radius 2 is 2.09 bits per heavy atom. The molecule has 1 amide bonds. The summed E-state index contributed by atoms with van der Waals surface area (Å²) in [5.74, 6) is -0.182. The zero-order valence-corrected chi connectivity index (χ0v) is 12.9. The number of benzene rings is 1. The van der Waals surface area contributed by atoms with E-state index in [1.54, 1.807) is 17.9 Å². The van der Waals surface area contributed by atoms with Gasteiger partial charge in [0.25, 0.3) is 5.91 Å². The molecule has 1 aromatic carbocycles. The number of aromatic nitrogens is 5. The Hall–Kier alpha value is -2.70. The van der Waals surface area contributed by atoms with Crippen molar-refractivity contribution < 1.29 is 4.79 Å². The van der Waals surface area contributed by atoms with Gasteiger partial charge in [-0.15, -0.1) is 0 Å². The van der Waals surface area contributed by atoms with E-state index in [9.17, 15) is 4.79 Å². The van der Waals surface area contributed by atoms with E-state index in [1.165, 1.54) is 4.80 Å². The predicted octanol–water partition coefficient (Wildman–Crippen LogP) is 2.14. The van der Waals surface area contributed by atoms with E-state index in [1.807, 2.05) is 25.1 Å². The first kappa shape index (κ1) is 14.2. The van der Waals surface area contributed by atoms with Crippen molar-refractivity contribution in [3.63, 3.8) is 0 Å². The number of amides is 1. The molecule has 0 aliphatic carbocycles. The van der Waals surface area contributed by atoms with Gasteiger partial charge < -0.3 is 5.32 Å². The van der Waals surface area contributed by atoms with Crippen molar-refractivity contribution in [3.8, 4) is 0 Å². The van der Waals surface area contributed by atoms with E-state index in [2.05, 4.69) is 27.5 Å². The van der Waals surface area contributed by atoms with Crippen molar-refractivity contribution in [1.29, 1.82) is 0 Å². The zero-order valence-electron chi connectivity index (χ0n) is 12.9. The molecule has 0 saturated carbocycles. The standard InChI is InChI=1S/C15H18N6O/c1-4-8-21-9-11(10(2)17-21)15(22)16-12-6-5-7-13-14(12)19-20(3)18-13/h5-7,9H,4,8H2,1-3H3,(H,16,22). The highest BCUT2D eigenvalue weighted by atomic mass is 16.1. The van der Waals surface area contributed by atoms with Gasteiger partial charge in [-0.05, 0) is 25.5 Å². The summed E-state index contributed by atoms with van der Waals surface area (Å²) in [6.07, 6.45) is 2.76. The van der Waals surface area contributed by atoms with Crippen LogP contribution >= 0.6 is 0 Å². The minimum absolute atomic E-state index is 0.182. The monoisotopic (exact) mass is 298 g/mol. The molecule has 0 aliphatic heterocycles. The number of aryl methyl sites for hydroxylation is 3. The molecule has 3 rings (SSSR count). The highest BCUT2D eigenvalue weighted by molar-refractivity contribution is 6.08. The van der Waals surface area contributed by atoms with Crippen LogP contribution in [0.2, 0.25) is 0 Å². The van der Waals surface area contributed by atoms with Crippen molar-refractivity contribution in [2.75, 3.05) is 5.32 Å². The molecule has 0 saturated heterocycles. The van der Waals surface area contributed by atoms with Crippen LogP contribution < -0.4 is 5.32 Å². The van der Waals surface area contributed by atoms with E-state index in [-0.39, 0.29) is 5.91 Å². The number of anilines is 1. The number of nitrogens with zero attached hydrogens (tertiary/aromatic N) is 5. The lowest BCUT2D eigenvalue weighted by Gasteiger charge is -2.04. The van der Waals surface area contributed by atoms with Crippen molar-refractivity contribution >= 4 is 22.6 Å². The summed E-state index contributed by atoms with van der Waals surface area (Å²) in [7, 11) is 1.75. The molecule has 0 bridgehead atoms. The van der Waals surface area contributed by atoms with Crippen molar-refractivity contribution in [1.82, 2.24) is 24.8 Å². The third kappa shape index (κ3) is 2.57. The van der Waals surface area contributed by atoms with Crippen molar-refractivity contribution in [2.24, 2.45) is 7.05 Å². The molecule has 2 aromatic heterocycles. The third-order valence-corrected chi connectivity index (χ3v) is 3.40. The molecule has 0 spiro atoms. The first-order chi connectivity index (χ1) is 10.6. The Labute approximate surface area is 127 Å². The number of rotatable bonds is 4. The maximum absolute atomic E-state index is 12.5. The number of hydrogen-bond acceptors (Lipinski definition) is 4. The van der Waals surface area contributed by atoms with Crippen LogP contribution in [0.5, 0.6) is 0 Å². The largest absolute Gasteiger partial charge is 0.320 e. The molecule has 3 aromatic rings. The molecule has 7 heteroatoms. The molecule has 114 valence electrons. The van der Waals surface area contributed by atoms with Gasteiger partial charge in [0, 0.05) is 19.8 Å². The lowest BCUT2D eigenvalue weighted by Crippen LogP contribution is -2.12. The summed E-state index contributed by atoms with van der Waals surface area (Å²) in [6.45, 7) is 4.71. The average molecular weight is 298 g/mol. The normalized spacial score (nSPS) is 11.0. The SMILES string of the molecule is CCCn1cc(C(=O)Nc2cccc3nn(C)nc23)c(C)n1. The van der Waals surface area contributed by atoms with Crippen molar-refractivity contribution in [3.05, 3.63) is 35.7 Å². The Kier molecular flexibility index (Phi) is 3.62. The van der Waals surface area contributed by atoms with Crippen LogP contribution in [-0.4, -0.2) is 30.7 Å². The summed E-state index contributed by atoms with van der Waals surface area (Å²) in [4.78, 5) is 14.0. The lowest BCUT2D eigenvalue weighted by molar-refractivity contribution is 0.102. The fourth-order valence-corrected chi connectivity index (χ4v) is 2.42. The first-order valence-electron chi connectivity index (χ1n) is 7.24. The highest BCUT2D eigenvalue weighted by Gasteiger charge is 2.15. The summed E-state index contributed by atoms with van der Waals surface area (Å²) in [6, 6.07) is 5.53. The van der Waals surface area contributed by atoms with Crippen LogP contribution in [-0.2, 0) is 13.6 Å². The molecule has 7 nitrogen and oxygen atoms in total. The van der Waals surface area contributed by atoms with Gasteiger partial charge in [-0.3, -0.25) is 9.48 Å². The topological polar surface area (TPSA) is 77.6 Å². The zero-order chi connectivity index (χ0) is 15.7. The second-order valence-corrected chi connectivity index (χ2v) is 5.21. The Bertz CT molecular complexity index is 832. The fraction of sp³-hybridized carbons (Fsp3) is 0.333. The highest BCUT2D eigenvalue weighted by Crippen LogP contribution is 2.20. The average Bonchev–Trinajstić information content (AvgIpc) is 3.02. The molecular formula is C15H18N6O. The number of hydrogen-bond donors (Lipinski definition) is 1. The van der Waals surface area contributed by atoms with E-state index >= 15 is 0 Å². The molecule has 0 unspecified atom stereocenters. The summed E-state index contributed by atoms with van der Waals surface area (Å²) in [5.41, 5.74) is 3.38. The van der Waals surface area contributed by atoms with Gasteiger partial charge in [0.05, 0.1) is 16.9 Å². The summed E-state index contributed by atoms with van der Waals surface area (Å²) < 4.78 is 1.80. The van der Waals surface area contributed by atoms with Crippen LogP contribution in [0.4, 0.5) is 5.69 Å². The van der Waals surface area contributed by atoms with E-state index < -0.39 is 0 Å². The molecule has 0 radical (unpaired) electrons. The molecule has 0 aliphatic rings. The smallest absolute Gasteiger partial charge is 0.259 e. The molecule has 2 heterocycles. The van der Waals surface area contributed by atoms with Crippen LogP contribution in [0, 0.1) is 6.92 Å². The van der Waals surface area contributed by atoms with Gasteiger partial charge in [0.1, 0.15) is 11.0 Å². The van der Waals surface area contributed by atoms with Gasteiger partial charge in [0.15, 0.2) is 0 Å². The third-order valence-electron chi connectivity index (χ3n) is 3.40. The molecule has 1 N–H and O–H groups in total.